The highest BCUT2D eigenvalue weighted by molar-refractivity contribution is 7.39. The van der Waals surface area contributed by atoms with Crippen LogP contribution in [-0.2, 0) is 15.8 Å². The van der Waals surface area contributed by atoms with Crippen LogP contribution in [-0.4, -0.2) is 64.0 Å². The van der Waals surface area contributed by atoms with Crippen molar-refractivity contribution in [2.45, 2.75) is 31.1 Å². The fourth-order valence-electron chi connectivity index (χ4n) is 3.56. The molecular formula is C20H21N4O8P. The van der Waals surface area contributed by atoms with Gasteiger partial charge >= 0.3 is 14.3 Å². The molecule has 1 aliphatic heterocycles. The van der Waals surface area contributed by atoms with Gasteiger partial charge in [-0.1, -0.05) is 0 Å². The van der Waals surface area contributed by atoms with Crippen LogP contribution < -0.4 is 11.2 Å². The molecule has 0 aliphatic carbocycles. The molecule has 4 N–H and O–H groups in total. The molecule has 12 nitrogen and oxygen atoms in total. The molecule has 0 amide bonds. The summed E-state index contributed by atoms with van der Waals surface area (Å²) in [4.78, 5) is 51.5. The minimum atomic E-state index is -2.68. The lowest BCUT2D eigenvalue weighted by atomic mass is 10.1. The lowest BCUT2D eigenvalue weighted by Crippen LogP contribution is -2.43. The third-order valence-electron chi connectivity index (χ3n) is 5.21. The molecule has 0 bridgehead atoms. The van der Waals surface area contributed by atoms with Gasteiger partial charge < -0.3 is 29.3 Å². The van der Waals surface area contributed by atoms with Crippen molar-refractivity contribution < 1.29 is 29.3 Å². The van der Waals surface area contributed by atoms with Crippen LogP contribution in [0, 0.1) is 0 Å². The first-order chi connectivity index (χ1) is 15.8. The van der Waals surface area contributed by atoms with Gasteiger partial charge in [-0.05, 0) is 35.4 Å². The molecule has 4 rings (SSSR count). The Morgan fingerprint density at radius 1 is 1.03 bits per heavy atom. The number of nitrogens with zero attached hydrogens (tertiary/aromatic N) is 4. The summed E-state index contributed by atoms with van der Waals surface area (Å²) in [5, 5.41) is 20.5. The van der Waals surface area contributed by atoms with Gasteiger partial charge in [0.1, 0.15) is 18.3 Å². The van der Waals surface area contributed by atoms with Gasteiger partial charge in [0.2, 0.25) is 0 Å². The van der Waals surface area contributed by atoms with Gasteiger partial charge in [0.05, 0.1) is 18.8 Å². The number of ether oxygens (including phenoxy) is 1. The highest BCUT2D eigenvalue weighted by atomic mass is 31.2. The molecule has 1 saturated heterocycles. The van der Waals surface area contributed by atoms with Crippen molar-refractivity contribution in [3.63, 3.8) is 0 Å². The highest BCUT2D eigenvalue weighted by Crippen LogP contribution is 2.32. The second kappa shape index (κ2) is 9.98. The van der Waals surface area contributed by atoms with Crippen molar-refractivity contribution in [1.82, 2.24) is 19.1 Å². The summed E-state index contributed by atoms with van der Waals surface area (Å²) in [7, 11) is -2.68. The Labute approximate surface area is 188 Å². The van der Waals surface area contributed by atoms with E-state index in [9.17, 15) is 19.8 Å². The van der Waals surface area contributed by atoms with Crippen molar-refractivity contribution in [1.29, 1.82) is 0 Å². The number of hydrogen-bond acceptors (Lipinski definition) is 10. The average Bonchev–Trinajstić information content (AvgIpc) is 3.10. The van der Waals surface area contributed by atoms with E-state index < -0.39 is 51.0 Å². The second-order valence-electron chi connectivity index (χ2n) is 7.30. The molecule has 4 atom stereocenters. The van der Waals surface area contributed by atoms with Crippen LogP contribution in [0.15, 0.2) is 64.7 Å². The third kappa shape index (κ3) is 5.07. The molecule has 0 aromatic carbocycles. The Hall–Kier alpha value is -2.83. The Morgan fingerprint density at radius 3 is 2.48 bits per heavy atom. The first-order valence-electron chi connectivity index (χ1n) is 9.85. The van der Waals surface area contributed by atoms with E-state index in [4.69, 9.17) is 14.5 Å². The maximum Gasteiger partial charge on any atom is 0.333 e. The predicted octanol–water partition coefficient (Wildman–Crippen LogP) is -0.637. The maximum atomic E-state index is 13.1. The van der Waals surface area contributed by atoms with Crippen molar-refractivity contribution >= 4 is 8.60 Å². The summed E-state index contributed by atoms with van der Waals surface area (Å²) in [6.45, 7) is -0.539. The number of aromatic nitrogens is 4. The molecule has 174 valence electrons. The van der Waals surface area contributed by atoms with Gasteiger partial charge in [0.25, 0.3) is 5.56 Å². The van der Waals surface area contributed by atoms with Gasteiger partial charge in [0, 0.05) is 30.9 Å². The van der Waals surface area contributed by atoms with Gasteiger partial charge in [-0.25, -0.2) is 4.79 Å². The standard InChI is InChI=1S/C20H21N4O8P/c25-16-4-8-23(19-18(27)17(26)15(32-19)11-31-33(29)30)20(28)24(16)10-14-9-13(3-7-22-14)12-1-5-21-6-2-12/h1-9,15,17-19,26-27,29-30H,10-11H2. The van der Waals surface area contributed by atoms with Gasteiger partial charge in [-0.15, -0.1) is 0 Å². The summed E-state index contributed by atoms with van der Waals surface area (Å²) < 4.78 is 12.1. The van der Waals surface area contributed by atoms with Crippen LogP contribution in [0.3, 0.4) is 0 Å². The van der Waals surface area contributed by atoms with Gasteiger partial charge in [-0.3, -0.25) is 23.9 Å². The zero-order valence-corrected chi connectivity index (χ0v) is 18.0. The van der Waals surface area contributed by atoms with E-state index in [0.717, 1.165) is 32.5 Å². The Bertz CT molecular complexity index is 1220. The Kier molecular flexibility index (Phi) is 7.05. The van der Waals surface area contributed by atoms with Crippen LogP contribution in [0.25, 0.3) is 11.1 Å². The van der Waals surface area contributed by atoms with Crippen molar-refractivity contribution in [2.24, 2.45) is 0 Å². The minimum Gasteiger partial charge on any atom is -0.387 e. The fourth-order valence-corrected chi connectivity index (χ4v) is 3.84. The zero-order valence-electron chi connectivity index (χ0n) is 17.1. The second-order valence-corrected chi connectivity index (χ2v) is 8.06. The molecule has 4 unspecified atom stereocenters. The average molecular weight is 476 g/mol. The van der Waals surface area contributed by atoms with Crippen LogP contribution in [0.5, 0.6) is 0 Å². The zero-order chi connectivity index (χ0) is 23.5. The summed E-state index contributed by atoms with van der Waals surface area (Å²) >= 11 is 0. The number of aliphatic hydroxyl groups excluding tert-OH is 2. The molecule has 1 aliphatic rings. The molecule has 1 fully saturated rings. The molecular weight excluding hydrogens is 455 g/mol. The molecule has 4 heterocycles. The van der Waals surface area contributed by atoms with Crippen molar-refractivity contribution in [2.75, 3.05) is 6.61 Å². The predicted molar refractivity (Wildman–Crippen MR) is 115 cm³/mol. The van der Waals surface area contributed by atoms with Crippen LogP contribution in [0.2, 0.25) is 0 Å². The van der Waals surface area contributed by atoms with E-state index in [0.29, 0.717) is 5.69 Å². The smallest absolute Gasteiger partial charge is 0.333 e. The quantitative estimate of drug-likeness (QED) is 0.322. The number of rotatable bonds is 7. The topological polar surface area (TPSA) is 169 Å². The van der Waals surface area contributed by atoms with Crippen LogP contribution >= 0.6 is 8.60 Å². The van der Waals surface area contributed by atoms with Crippen LogP contribution in [0.1, 0.15) is 11.9 Å². The summed E-state index contributed by atoms with van der Waals surface area (Å²) in [6, 6.07) is 8.32. The molecule has 3 aromatic heterocycles. The minimum absolute atomic E-state index is 0.130. The first-order valence-corrected chi connectivity index (χ1v) is 11.0. The van der Waals surface area contributed by atoms with Crippen LogP contribution in [0.4, 0.5) is 0 Å². The van der Waals surface area contributed by atoms with Crippen molar-refractivity contribution in [3.8, 4) is 11.1 Å². The summed E-state index contributed by atoms with van der Waals surface area (Å²) in [5.74, 6) is 0. The highest BCUT2D eigenvalue weighted by Gasteiger charge is 2.44. The van der Waals surface area contributed by atoms with E-state index in [1.54, 1.807) is 30.7 Å². The van der Waals surface area contributed by atoms with Gasteiger partial charge in [0.15, 0.2) is 6.23 Å². The van der Waals surface area contributed by atoms with Crippen molar-refractivity contribution in [3.05, 3.63) is 81.7 Å². The molecule has 0 radical (unpaired) electrons. The van der Waals surface area contributed by atoms with E-state index in [-0.39, 0.29) is 6.54 Å². The summed E-state index contributed by atoms with van der Waals surface area (Å²) in [6.07, 6.45) is 0.647. The largest absolute Gasteiger partial charge is 0.387 e. The van der Waals surface area contributed by atoms with E-state index >= 15 is 0 Å². The number of hydrogen-bond donors (Lipinski definition) is 4. The lowest BCUT2D eigenvalue weighted by molar-refractivity contribution is -0.0531. The normalized spacial score (nSPS) is 22.7. The molecule has 3 aromatic rings. The fraction of sp³-hybridized carbons (Fsp3) is 0.300. The van der Waals surface area contributed by atoms with E-state index in [1.807, 2.05) is 12.1 Å². The molecule has 13 heteroatoms. The Morgan fingerprint density at radius 2 is 1.76 bits per heavy atom. The number of aliphatic hydroxyl groups is 2. The lowest BCUT2D eigenvalue weighted by Gasteiger charge is -2.18. The Balaban J connectivity index is 1.61. The van der Waals surface area contributed by atoms with E-state index in [1.165, 1.54) is 0 Å². The summed E-state index contributed by atoms with van der Waals surface area (Å²) in [5.41, 5.74) is 0.833. The van der Waals surface area contributed by atoms with E-state index in [2.05, 4.69) is 14.5 Å². The number of pyridine rings is 2. The molecule has 0 saturated carbocycles. The van der Waals surface area contributed by atoms with Gasteiger partial charge in [-0.2, -0.15) is 0 Å². The SMILES string of the molecule is O=c1ccn(C2OC(COP(O)O)C(O)C2O)c(=O)n1Cc1cc(-c2ccncc2)ccn1. The molecule has 0 spiro atoms. The third-order valence-corrected chi connectivity index (χ3v) is 5.59. The molecule has 33 heavy (non-hydrogen) atoms. The maximum absolute atomic E-state index is 13.1. The monoisotopic (exact) mass is 476 g/mol. The first kappa shape index (κ1) is 23.3.